The molecule has 2 N–H and O–H groups in total. The van der Waals surface area contributed by atoms with E-state index in [4.69, 9.17) is 9.47 Å². The molecule has 202 valence electrons. The molecule has 9 heteroatoms. The van der Waals surface area contributed by atoms with Crippen molar-refractivity contribution in [1.29, 1.82) is 0 Å². The number of hydrogen-bond donors (Lipinski definition) is 2. The zero-order valence-electron chi connectivity index (χ0n) is 22.8. The molecule has 4 aromatic rings. The SMILES string of the molecule is CCc1nccn1CCNc1cccc(C#Cc2cc(O[C@@H](C)COC)cc(C(=O)Nc3ccn(C)n3)c2)c1. The Hall–Kier alpha value is -4.55. The maximum atomic E-state index is 13.0. The Bertz CT molecular complexity index is 1460. The molecular weight excluding hydrogens is 492 g/mol. The first kappa shape index (κ1) is 27.5. The molecule has 2 heterocycles. The van der Waals surface area contributed by atoms with Crippen LogP contribution in [-0.4, -0.2) is 51.6 Å². The molecule has 39 heavy (non-hydrogen) atoms. The van der Waals surface area contributed by atoms with E-state index >= 15 is 0 Å². The number of amides is 1. The summed E-state index contributed by atoms with van der Waals surface area (Å²) in [5.74, 6) is 8.20. The summed E-state index contributed by atoms with van der Waals surface area (Å²) < 4.78 is 15.0. The summed E-state index contributed by atoms with van der Waals surface area (Å²) in [5.41, 5.74) is 2.93. The van der Waals surface area contributed by atoms with E-state index in [0.717, 1.165) is 36.6 Å². The van der Waals surface area contributed by atoms with Gasteiger partial charge in [0, 0.05) is 80.7 Å². The molecule has 0 saturated heterocycles. The molecule has 9 nitrogen and oxygen atoms in total. The number of imidazole rings is 1. The van der Waals surface area contributed by atoms with Crippen molar-refractivity contribution in [3.8, 4) is 17.6 Å². The lowest BCUT2D eigenvalue weighted by molar-refractivity contribution is 0.0917. The molecular formula is C30H34N6O3. The Morgan fingerprint density at radius 3 is 2.72 bits per heavy atom. The summed E-state index contributed by atoms with van der Waals surface area (Å²) in [4.78, 5) is 17.4. The highest BCUT2D eigenvalue weighted by atomic mass is 16.5. The van der Waals surface area contributed by atoms with Crippen LogP contribution in [0.5, 0.6) is 5.75 Å². The molecule has 0 aliphatic rings. The smallest absolute Gasteiger partial charge is 0.257 e. The molecule has 1 atom stereocenters. The van der Waals surface area contributed by atoms with Gasteiger partial charge in [-0.2, -0.15) is 5.10 Å². The van der Waals surface area contributed by atoms with E-state index in [9.17, 15) is 4.79 Å². The third kappa shape index (κ3) is 7.97. The predicted molar refractivity (Wildman–Crippen MR) is 152 cm³/mol. The molecule has 0 fully saturated rings. The van der Waals surface area contributed by atoms with Crippen LogP contribution in [0, 0.1) is 11.8 Å². The van der Waals surface area contributed by atoms with E-state index in [0.29, 0.717) is 29.3 Å². The monoisotopic (exact) mass is 526 g/mol. The van der Waals surface area contributed by atoms with Crippen LogP contribution in [-0.2, 0) is 24.8 Å². The zero-order valence-corrected chi connectivity index (χ0v) is 22.8. The molecule has 2 aromatic carbocycles. The van der Waals surface area contributed by atoms with Gasteiger partial charge >= 0.3 is 0 Å². The van der Waals surface area contributed by atoms with Crippen molar-refractivity contribution >= 4 is 17.4 Å². The van der Waals surface area contributed by atoms with Crippen LogP contribution in [0.25, 0.3) is 0 Å². The average molecular weight is 527 g/mol. The number of methoxy groups -OCH3 is 1. The number of hydrogen-bond acceptors (Lipinski definition) is 6. The van der Waals surface area contributed by atoms with Crippen LogP contribution in [0.3, 0.4) is 0 Å². The Labute approximate surface area is 229 Å². The Morgan fingerprint density at radius 1 is 1.10 bits per heavy atom. The molecule has 0 aliphatic heterocycles. The van der Waals surface area contributed by atoms with Crippen molar-refractivity contribution < 1.29 is 14.3 Å². The van der Waals surface area contributed by atoms with Crippen molar-refractivity contribution in [2.24, 2.45) is 7.05 Å². The summed E-state index contributed by atoms with van der Waals surface area (Å²) >= 11 is 0. The van der Waals surface area contributed by atoms with Crippen LogP contribution in [0.4, 0.5) is 11.5 Å². The third-order valence-electron chi connectivity index (χ3n) is 5.88. The van der Waals surface area contributed by atoms with Gasteiger partial charge in [-0.05, 0) is 43.3 Å². The lowest BCUT2D eigenvalue weighted by Crippen LogP contribution is -2.19. The van der Waals surface area contributed by atoms with Crippen molar-refractivity contribution in [2.45, 2.75) is 32.9 Å². The molecule has 1 amide bonds. The van der Waals surface area contributed by atoms with Crippen molar-refractivity contribution in [3.63, 3.8) is 0 Å². The highest BCUT2D eigenvalue weighted by molar-refractivity contribution is 6.04. The first-order valence-electron chi connectivity index (χ1n) is 12.9. The van der Waals surface area contributed by atoms with E-state index in [1.54, 1.807) is 43.2 Å². The van der Waals surface area contributed by atoms with E-state index in [1.807, 2.05) is 49.6 Å². The van der Waals surface area contributed by atoms with Gasteiger partial charge in [-0.25, -0.2) is 4.98 Å². The fourth-order valence-corrected chi connectivity index (χ4v) is 4.07. The minimum absolute atomic E-state index is 0.191. The lowest BCUT2D eigenvalue weighted by atomic mass is 10.1. The minimum atomic E-state index is -0.295. The van der Waals surface area contributed by atoms with Crippen LogP contribution < -0.4 is 15.4 Å². The quantitative estimate of drug-likeness (QED) is 0.282. The normalized spacial score (nSPS) is 11.4. The Balaban J connectivity index is 1.50. The zero-order chi connectivity index (χ0) is 27.6. The van der Waals surface area contributed by atoms with E-state index in [2.05, 4.69) is 44.0 Å². The number of rotatable bonds is 11. The predicted octanol–water partition coefficient (Wildman–Crippen LogP) is 4.36. The van der Waals surface area contributed by atoms with Gasteiger partial charge in [-0.15, -0.1) is 0 Å². The lowest BCUT2D eigenvalue weighted by Gasteiger charge is -2.15. The van der Waals surface area contributed by atoms with Gasteiger partial charge in [0.25, 0.3) is 5.91 Å². The van der Waals surface area contributed by atoms with Crippen molar-refractivity contribution in [1.82, 2.24) is 19.3 Å². The van der Waals surface area contributed by atoms with Crippen molar-refractivity contribution in [3.05, 3.63) is 89.6 Å². The van der Waals surface area contributed by atoms with Gasteiger partial charge in [0.05, 0.1) is 6.61 Å². The Kier molecular flexibility index (Phi) is 9.38. The van der Waals surface area contributed by atoms with Gasteiger partial charge < -0.3 is 24.7 Å². The number of aryl methyl sites for hydroxylation is 2. The van der Waals surface area contributed by atoms with Crippen molar-refractivity contribution in [2.75, 3.05) is 30.9 Å². The number of nitrogens with one attached hydrogen (secondary N) is 2. The van der Waals surface area contributed by atoms with Crippen LogP contribution in [0.2, 0.25) is 0 Å². The van der Waals surface area contributed by atoms with Gasteiger partial charge in [0.1, 0.15) is 17.7 Å². The second-order valence-electron chi connectivity index (χ2n) is 9.11. The maximum absolute atomic E-state index is 13.0. The number of carbonyl (C=O) groups excluding carboxylic acids is 1. The second kappa shape index (κ2) is 13.3. The summed E-state index contributed by atoms with van der Waals surface area (Å²) in [6.45, 7) is 6.03. The number of carbonyl (C=O) groups is 1. The molecule has 0 unspecified atom stereocenters. The highest BCUT2D eigenvalue weighted by Crippen LogP contribution is 2.20. The van der Waals surface area contributed by atoms with E-state index < -0.39 is 0 Å². The fourth-order valence-electron chi connectivity index (χ4n) is 4.07. The number of anilines is 2. The fraction of sp³-hybridized carbons (Fsp3) is 0.300. The van der Waals surface area contributed by atoms with Crippen LogP contribution >= 0.6 is 0 Å². The standard InChI is InChI=1S/C30H34N6O3/c1-5-29-32-13-16-36(29)15-12-31-26-8-6-7-23(18-26)9-10-24-17-25(20-27(19-24)39-22(2)21-38-4)30(37)33-28-11-14-35(3)34-28/h6-8,11,13-14,16-20,22,31H,5,12,15,21H2,1-4H3,(H,33,34,37)/t22-/m0/s1. The Morgan fingerprint density at radius 2 is 1.95 bits per heavy atom. The summed E-state index contributed by atoms with van der Waals surface area (Å²) in [7, 11) is 3.41. The summed E-state index contributed by atoms with van der Waals surface area (Å²) in [6.07, 6.45) is 6.31. The molecule has 2 aromatic heterocycles. The number of benzene rings is 2. The molecule has 0 radical (unpaired) electrons. The van der Waals surface area contributed by atoms with Crippen LogP contribution in [0.1, 0.15) is 41.2 Å². The number of ether oxygens (including phenoxy) is 2. The molecule has 0 bridgehead atoms. The molecule has 4 rings (SSSR count). The van der Waals surface area contributed by atoms with E-state index in [1.165, 1.54) is 0 Å². The topological polar surface area (TPSA) is 95.2 Å². The van der Waals surface area contributed by atoms with E-state index in [-0.39, 0.29) is 12.0 Å². The first-order chi connectivity index (χ1) is 18.9. The van der Waals surface area contributed by atoms with Crippen LogP contribution in [0.15, 0.2) is 67.1 Å². The van der Waals surface area contributed by atoms with Gasteiger partial charge in [0.2, 0.25) is 0 Å². The third-order valence-corrected chi connectivity index (χ3v) is 5.88. The average Bonchev–Trinajstić information content (AvgIpc) is 3.55. The largest absolute Gasteiger partial charge is 0.488 e. The molecule has 0 spiro atoms. The molecule has 0 saturated carbocycles. The molecule has 0 aliphatic carbocycles. The van der Waals surface area contributed by atoms with Gasteiger partial charge in [0.15, 0.2) is 5.82 Å². The first-order valence-corrected chi connectivity index (χ1v) is 12.9. The summed E-state index contributed by atoms with van der Waals surface area (Å²) in [6, 6.07) is 15.0. The van der Waals surface area contributed by atoms with Gasteiger partial charge in [-0.3, -0.25) is 9.48 Å². The van der Waals surface area contributed by atoms with Gasteiger partial charge in [-0.1, -0.05) is 24.8 Å². The highest BCUT2D eigenvalue weighted by Gasteiger charge is 2.13. The number of aromatic nitrogens is 4. The summed E-state index contributed by atoms with van der Waals surface area (Å²) in [5, 5.41) is 10.5. The minimum Gasteiger partial charge on any atom is -0.488 e. The maximum Gasteiger partial charge on any atom is 0.257 e. The second-order valence-corrected chi connectivity index (χ2v) is 9.11. The number of nitrogens with zero attached hydrogens (tertiary/aromatic N) is 4.